The van der Waals surface area contributed by atoms with Crippen molar-refractivity contribution >= 4 is 21.9 Å². The highest BCUT2D eigenvalue weighted by molar-refractivity contribution is 5.83. The van der Waals surface area contributed by atoms with E-state index in [1.807, 2.05) is 30.5 Å². The summed E-state index contributed by atoms with van der Waals surface area (Å²) in [7, 11) is 0. The van der Waals surface area contributed by atoms with Gasteiger partial charge in [0.1, 0.15) is 11.4 Å². The highest BCUT2D eigenvalue weighted by Crippen LogP contribution is 2.28. The number of phenols is 1. The molecule has 7 nitrogen and oxygen atoms in total. The second-order valence-electron chi connectivity index (χ2n) is 7.11. The highest BCUT2D eigenvalue weighted by atomic mass is 16.3. The minimum atomic E-state index is -0.505. The van der Waals surface area contributed by atoms with Crippen LogP contribution in [0.2, 0.25) is 0 Å². The second kappa shape index (κ2) is 7.04. The lowest BCUT2D eigenvalue weighted by Crippen LogP contribution is -2.31. The van der Waals surface area contributed by atoms with E-state index in [-0.39, 0.29) is 5.75 Å². The second-order valence-corrected chi connectivity index (χ2v) is 7.11. The highest BCUT2D eigenvalue weighted by Gasteiger charge is 2.13. The Morgan fingerprint density at radius 3 is 2.60 bits per heavy atom. The molecule has 0 amide bonds. The number of aryl methyl sites for hydroxylation is 2. The summed E-state index contributed by atoms with van der Waals surface area (Å²) in [5.41, 5.74) is 2.45. The van der Waals surface area contributed by atoms with E-state index in [0.717, 1.165) is 16.5 Å². The van der Waals surface area contributed by atoms with Crippen LogP contribution in [0.5, 0.6) is 5.75 Å². The van der Waals surface area contributed by atoms with Crippen LogP contribution in [0.15, 0.2) is 76.4 Å². The average Bonchev–Trinajstić information content (AvgIpc) is 3.17. The summed E-state index contributed by atoms with van der Waals surface area (Å²) < 4.78 is 1.47. The van der Waals surface area contributed by atoms with Gasteiger partial charge in [0.2, 0.25) is 0 Å². The fourth-order valence-corrected chi connectivity index (χ4v) is 3.78. The Balaban J connectivity index is 1.61. The van der Waals surface area contributed by atoms with Crippen LogP contribution in [0.4, 0.5) is 0 Å². The lowest BCUT2D eigenvalue weighted by atomic mass is 10.1. The zero-order chi connectivity index (χ0) is 20.7. The molecule has 0 fully saturated rings. The minimum Gasteiger partial charge on any atom is -0.507 e. The van der Waals surface area contributed by atoms with Crippen molar-refractivity contribution < 1.29 is 5.11 Å². The number of fused-ring (bicyclic) bond motifs is 2. The SMILES string of the molecule is O=c1[nH]c(=O)n(CCc2c[nH]c3ccccc23)c2nc(-c3ccccc3O)ccc12. The quantitative estimate of drug-likeness (QED) is 0.432. The van der Waals surface area contributed by atoms with Crippen LogP contribution in [0.25, 0.3) is 33.2 Å². The van der Waals surface area contributed by atoms with Crippen LogP contribution >= 0.6 is 0 Å². The molecule has 0 aliphatic carbocycles. The number of aromatic amines is 2. The van der Waals surface area contributed by atoms with Gasteiger partial charge in [-0.1, -0.05) is 30.3 Å². The predicted octanol–water partition coefficient (Wildman–Crippen LogP) is 3.18. The average molecular weight is 398 g/mol. The van der Waals surface area contributed by atoms with E-state index >= 15 is 0 Å². The predicted molar refractivity (Wildman–Crippen MR) is 116 cm³/mol. The smallest absolute Gasteiger partial charge is 0.330 e. The van der Waals surface area contributed by atoms with Gasteiger partial charge < -0.3 is 10.1 Å². The molecule has 0 radical (unpaired) electrons. The molecule has 5 rings (SSSR count). The fourth-order valence-electron chi connectivity index (χ4n) is 3.78. The maximum Gasteiger partial charge on any atom is 0.330 e. The Kier molecular flexibility index (Phi) is 4.21. The first-order chi connectivity index (χ1) is 14.6. The van der Waals surface area contributed by atoms with E-state index in [9.17, 15) is 14.7 Å². The van der Waals surface area contributed by atoms with E-state index < -0.39 is 11.2 Å². The summed E-state index contributed by atoms with van der Waals surface area (Å²) in [4.78, 5) is 35.1. The zero-order valence-electron chi connectivity index (χ0n) is 15.9. The number of pyridine rings is 1. The number of rotatable bonds is 4. The van der Waals surface area contributed by atoms with Gasteiger partial charge >= 0.3 is 5.69 Å². The van der Waals surface area contributed by atoms with Gasteiger partial charge in [-0.25, -0.2) is 9.78 Å². The van der Waals surface area contributed by atoms with E-state index in [2.05, 4.69) is 15.0 Å². The van der Waals surface area contributed by atoms with Crippen LogP contribution in [0.3, 0.4) is 0 Å². The van der Waals surface area contributed by atoms with Crippen molar-refractivity contribution in [2.24, 2.45) is 0 Å². The van der Waals surface area contributed by atoms with E-state index in [1.165, 1.54) is 4.57 Å². The zero-order valence-corrected chi connectivity index (χ0v) is 15.9. The van der Waals surface area contributed by atoms with Crippen molar-refractivity contribution in [3.63, 3.8) is 0 Å². The Morgan fingerprint density at radius 2 is 1.73 bits per heavy atom. The normalized spacial score (nSPS) is 11.3. The number of nitrogens with one attached hydrogen (secondary N) is 2. The van der Waals surface area contributed by atoms with Crippen molar-refractivity contribution in [1.82, 2.24) is 19.5 Å². The van der Waals surface area contributed by atoms with Crippen molar-refractivity contribution in [3.05, 3.63) is 93.3 Å². The summed E-state index contributed by atoms with van der Waals surface area (Å²) in [6, 6.07) is 18.1. The first kappa shape index (κ1) is 17.9. The largest absolute Gasteiger partial charge is 0.507 e. The summed E-state index contributed by atoms with van der Waals surface area (Å²) in [5, 5.41) is 11.6. The summed E-state index contributed by atoms with van der Waals surface area (Å²) >= 11 is 0. The van der Waals surface area contributed by atoms with Crippen LogP contribution in [0, 0.1) is 0 Å². The van der Waals surface area contributed by atoms with Gasteiger partial charge in [0.05, 0.1) is 11.1 Å². The molecule has 30 heavy (non-hydrogen) atoms. The maximum atomic E-state index is 12.6. The van der Waals surface area contributed by atoms with Gasteiger partial charge in [0, 0.05) is 29.2 Å². The number of H-pyrrole nitrogens is 2. The molecule has 0 saturated heterocycles. The van der Waals surface area contributed by atoms with E-state index in [1.54, 1.807) is 36.4 Å². The number of aromatic hydroxyl groups is 1. The summed E-state index contributed by atoms with van der Waals surface area (Å²) in [6.07, 6.45) is 2.53. The molecule has 2 aromatic carbocycles. The van der Waals surface area contributed by atoms with Gasteiger partial charge in [-0.2, -0.15) is 0 Å². The third kappa shape index (κ3) is 2.97. The standard InChI is InChI=1S/C23H18N4O3/c28-20-8-4-2-6-16(20)19-10-9-17-21(25-19)27(23(30)26-22(17)29)12-11-14-13-24-18-7-3-1-5-15(14)18/h1-10,13,24,28H,11-12H2,(H,26,29,30). The molecular weight excluding hydrogens is 380 g/mol. The number of aromatic nitrogens is 4. The molecule has 3 N–H and O–H groups in total. The molecule has 148 valence electrons. The number of nitrogens with zero attached hydrogens (tertiary/aromatic N) is 2. The molecule has 0 aliphatic heterocycles. The van der Waals surface area contributed by atoms with Crippen molar-refractivity contribution in [2.75, 3.05) is 0 Å². The first-order valence-electron chi connectivity index (χ1n) is 9.59. The Bertz CT molecular complexity index is 1510. The minimum absolute atomic E-state index is 0.0851. The molecule has 0 saturated carbocycles. The molecule has 0 aliphatic rings. The fraction of sp³-hybridized carbons (Fsp3) is 0.0870. The molecular formula is C23H18N4O3. The van der Waals surface area contributed by atoms with Crippen LogP contribution < -0.4 is 11.2 Å². The van der Waals surface area contributed by atoms with Crippen LogP contribution in [-0.4, -0.2) is 24.6 Å². The third-order valence-corrected chi connectivity index (χ3v) is 5.30. The van der Waals surface area contributed by atoms with Gasteiger partial charge in [-0.05, 0) is 42.3 Å². The van der Waals surface area contributed by atoms with Crippen LogP contribution in [-0.2, 0) is 13.0 Å². The molecule has 5 aromatic rings. The Morgan fingerprint density at radius 1 is 0.933 bits per heavy atom. The molecule has 0 atom stereocenters. The number of benzene rings is 2. The number of hydrogen-bond donors (Lipinski definition) is 3. The Hall–Kier alpha value is -4.13. The van der Waals surface area contributed by atoms with Gasteiger partial charge in [0.25, 0.3) is 5.56 Å². The van der Waals surface area contributed by atoms with Gasteiger partial charge in [-0.3, -0.25) is 14.3 Å². The van der Waals surface area contributed by atoms with E-state index in [4.69, 9.17) is 0 Å². The van der Waals surface area contributed by atoms with E-state index in [0.29, 0.717) is 35.3 Å². The Labute approximate surface area is 170 Å². The molecule has 3 aromatic heterocycles. The van der Waals surface area contributed by atoms with Crippen molar-refractivity contribution in [3.8, 4) is 17.0 Å². The number of hydrogen-bond acceptors (Lipinski definition) is 4. The monoisotopic (exact) mass is 398 g/mol. The third-order valence-electron chi connectivity index (χ3n) is 5.30. The molecule has 0 spiro atoms. The first-order valence-corrected chi connectivity index (χ1v) is 9.59. The van der Waals surface area contributed by atoms with Crippen LogP contribution in [0.1, 0.15) is 5.56 Å². The summed E-state index contributed by atoms with van der Waals surface area (Å²) in [6.45, 7) is 0.352. The lowest BCUT2D eigenvalue weighted by molar-refractivity contribution is 0.477. The van der Waals surface area contributed by atoms with Gasteiger partial charge in [0.15, 0.2) is 0 Å². The van der Waals surface area contributed by atoms with Crippen molar-refractivity contribution in [1.29, 1.82) is 0 Å². The number of phenolic OH excluding ortho intramolecular Hbond substituents is 1. The van der Waals surface area contributed by atoms with Gasteiger partial charge in [-0.15, -0.1) is 0 Å². The molecule has 7 heteroatoms. The topological polar surface area (TPSA) is 104 Å². The number of para-hydroxylation sites is 2. The molecule has 3 heterocycles. The summed E-state index contributed by atoms with van der Waals surface area (Å²) in [5.74, 6) is 0.0851. The molecule has 0 unspecified atom stereocenters. The lowest BCUT2D eigenvalue weighted by Gasteiger charge is -2.10. The van der Waals surface area contributed by atoms with Crippen molar-refractivity contribution in [2.45, 2.75) is 13.0 Å². The molecule has 0 bridgehead atoms. The maximum absolute atomic E-state index is 12.6.